The molecular formula is C16H19ClN2O2S. The van der Waals surface area contributed by atoms with Crippen LogP contribution in [0.4, 0.5) is 0 Å². The first-order chi connectivity index (χ1) is 10.6. The Bertz CT molecular complexity index is 598. The van der Waals surface area contributed by atoms with E-state index < -0.39 is 0 Å². The predicted octanol–water partition coefficient (Wildman–Crippen LogP) is 3.29. The van der Waals surface area contributed by atoms with Gasteiger partial charge in [-0.05, 0) is 12.0 Å². The minimum absolute atomic E-state index is 0.0444. The summed E-state index contributed by atoms with van der Waals surface area (Å²) < 4.78 is 5.15. The van der Waals surface area contributed by atoms with Crippen LogP contribution in [0.1, 0.15) is 17.2 Å². The first-order valence-corrected chi connectivity index (χ1v) is 8.17. The lowest BCUT2D eigenvalue weighted by Gasteiger charge is -2.20. The van der Waals surface area contributed by atoms with Gasteiger partial charge >= 0.3 is 0 Å². The Hall–Kier alpha value is -1.27. The van der Waals surface area contributed by atoms with Gasteiger partial charge in [0.05, 0.1) is 24.9 Å². The smallest absolute Gasteiger partial charge is 0.214 e. The third-order valence-electron chi connectivity index (χ3n) is 3.20. The van der Waals surface area contributed by atoms with Gasteiger partial charge in [-0.3, -0.25) is 0 Å². The Balaban J connectivity index is 2.26. The number of methoxy groups -OCH3 is 1. The molecular weight excluding hydrogens is 320 g/mol. The molecule has 1 aromatic carbocycles. The number of hydrogen-bond donors (Lipinski definition) is 2. The maximum Gasteiger partial charge on any atom is 0.214 e. The monoisotopic (exact) mass is 338 g/mol. The lowest BCUT2D eigenvalue weighted by atomic mass is 10.1. The molecule has 22 heavy (non-hydrogen) atoms. The number of rotatable bonds is 7. The molecule has 2 rings (SSSR count). The van der Waals surface area contributed by atoms with Crippen LogP contribution in [0.2, 0.25) is 5.02 Å². The van der Waals surface area contributed by atoms with Crippen molar-refractivity contribution in [2.45, 2.75) is 22.6 Å². The molecule has 0 aliphatic rings. The number of hydrogen-bond acceptors (Lipinski definition) is 5. The summed E-state index contributed by atoms with van der Waals surface area (Å²) in [6.07, 6.45) is 2.23. The standard InChI is InChI=1S/C16H19ClN2O2S/c1-21-16-8-15(13(17)9-19-16)22-14(7-12(18)10-20)11-5-3-2-4-6-11/h2-6,8-9,12,14,20H,7,10,18H2,1H3. The molecule has 0 spiro atoms. The quantitative estimate of drug-likeness (QED) is 0.758. The molecule has 0 fully saturated rings. The van der Waals surface area contributed by atoms with Gasteiger partial charge in [0.2, 0.25) is 5.88 Å². The van der Waals surface area contributed by atoms with Crippen molar-refractivity contribution < 1.29 is 9.84 Å². The third kappa shape index (κ3) is 4.61. The molecule has 2 unspecified atom stereocenters. The van der Waals surface area contributed by atoms with Crippen molar-refractivity contribution in [1.82, 2.24) is 4.98 Å². The highest BCUT2D eigenvalue weighted by Crippen LogP contribution is 2.41. The molecule has 2 aromatic rings. The number of ether oxygens (including phenoxy) is 1. The van der Waals surface area contributed by atoms with Crippen LogP contribution in [0.3, 0.4) is 0 Å². The highest BCUT2D eigenvalue weighted by atomic mass is 35.5. The van der Waals surface area contributed by atoms with E-state index in [1.54, 1.807) is 25.1 Å². The molecule has 118 valence electrons. The summed E-state index contributed by atoms with van der Waals surface area (Å²) in [6.45, 7) is -0.0444. The zero-order chi connectivity index (χ0) is 15.9. The van der Waals surface area contributed by atoms with Gasteiger partial charge in [-0.15, -0.1) is 11.8 Å². The summed E-state index contributed by atoms with van der Waals surface area (Å²) in [5.74, 6) is 0.519. The summed E-state index contributed by atoms with van der Waals surface area (Å²) in [5.41, 5.74) is 7.07. The first kappa shape index (κ1) is 17.1. The van der Waals surface area contributed by atoms with Gasteiger partial charge in [-0.2, -0.15) is 0 Å². The second-order valence-electron chi connectivity index (χ2n) is 4.85. The second-order valence-corrected chi connectivity index (χ2v) is 6.50. The third-order valence-corrected chi connectivity index (χ3v) is 4.95. The number of nitrogens with two attached hydrogens (primary N) is 1. The fourth-order valence-electron chi connectivity index (χ4n) is 2.03. The molecule has 0 bridgehead atoms. The SMILES string of the molecule is COc1cc(SC(CC(N)CO)c2ccccc2)c(Cl)cn1. The van der Waals surface area contributed by atoms with Crippen molar-refractivity contribution in [1.29, 1.82) is 0 Å². The Kier molecular flexibility index (Phi) is 6.51. The number of benzene rings is 1. The molecule has 0 aliphatic carbocycles. The van der Waals surface area contributed by atoms with Crippen LogP contribution in [-0.2, 0) is 0 Å². The Morgan fingerprint density at radius 2 is 2.09 bits per heavy atom. The van der Waals surface area contributed by atoms with Crippen molar-refractivity contribution >= 4 is 23.4 Å². The van der Waals surface area contributed by atoms with E-state index in [2.05, 4.69) is 4.98 Å². The Morgan fingerprint density at radius 1 is 1.36 bits per heavy atom. The number of aromatic nitrogens is 1. The van der Waals surface area contributed by atoms with Crippen molar-refractivity contribution in [2.24, 2.45) is 5.73 Å². The van der Waals surface area contributed by atoms with E-state index >= 15 is 0 Å². The van der Waals surface area contributed by atoms with Crippen LogP contribution in [-0.4, -0.2) is 29.8 Å². The predicted molar refractivity (Wildman–Crippen MR) is 90.5 cm³/mol. The normalized spacial score (nSPS) is 13.6. The molecule has 4 nitrogen and oxygen atoms in total. The van der Waals surface area contributed by atoms with Crippen molar-refractivity contribution in [3.05, 3.63) is 53.2 Å². The molecule has 0 amide bonds. The van der Waals surface area contributed by atoms with E-state index in [0.717, 1.165) is 10.5 Å². The number of thioether (sulfide) groups is 1. The van der Waals surface area contributed by atoms with Gasteiger partial charge in [-0.25, -0.2) is 4.98 Å². The first-order valence-electron chi connectivity index (χ1n) is 6.91. The lowest BCUT2D eigenvalue weighted by molar-refractivity contribution is 0.259. The van der Waals surface area contributed by atoms with Crippen LogP contribution in [0.5, 0.6) is 5.88 Å². The number of aliphatic hydroxyl groups excluding tert-OH is 1. The Labute approximate surface area is 139 Å². The minimum Gasteiger partial charge on any atom is -0.481 e. The van der Waals surface area contributed by atoms with E-state index in [4.69, 9.17) is 22.1 Å². The fourth-order valence-corrected chi connectivity index (χ4v) is 3.54. The molecule has 0 saturated heterocycles. The van der Waals surface area contributed by atoms with Gasteiger partial charge in [0.25, 0.3) is 0 Å². The number of nitrogens with zero attached hydrogens (tertiary/aromatic N) is 1. The van der Waals surface area contributed by atoms with Gasteiger partial charge in [-0.1, -0.05) is 41.9 Å². The fraction of sp³-hybridized carbons (Fsp3) is 0.312. The highest BCUT2D eigenvalue weighted by Gasteiger charge is 2.18. The average molecular weight is 339 g/mol. The number of aliphatic hydroxyl groups is 1. The molecule has 6 heteroatoms. The van der Waals surface area contributed by atoms with E-state index in [9.17, 15) is 5.11 Å². The molecule has 3 N–H and O–H groups in total. The summed E-state index contributed by atoms with van der Waals surface area (Å²) in [6, 6.07) is 11.6. The highest BCUT2D eigenvalue weighted by molar-refractivity contribution is 7.99. The van der Waals surface area contributed by atoms with Gasteiger partial charge in [0, 0.05) is 22.3 Å². The van der Waals surface area contributed by atoms with Crippen LogP contribution < -0.4 is 10.5 Å². The van der Waals surface area contributed by atoms with Crippen LogP contribution >= 0.6 is 23.4 Å². The summed E-state index contributed by atoms with van der Waals surface area (Å²) in [5, 5.41) is 9.91. The van der Waals surface area contributed by atoms with E-state index in [0.29, 0.717) is 17.3 Å². The van der Waals surface area contributed by atoms with Gasteiger partial charge < -0.3 is 15.6 Å². The molecule has 0 radical (unpaired) electrons. The number of halogens is 1. The van der Waals surface area contributed by atoms with Crippen LogP contribution in [0.15, 0.2) is 47.5 Å². The second kappa shape index (κ2) is 8.39. The van der Waals surface area contributed by atoms with E-state index in [-0.39, 0.29) is 17.9 Å². The van der Waals surface area contributed by atoms with E-state index in [1.807, 2.05) is 36.4 Å². The van der Waals surface area contributed by atoms with Gasteiger partial charge in [0.15, 0.2) is 0 Å². The maximum atomic E-state index is 9.24. The zero-order valence-electron chi connectivity index (χ0n) is 12.3. The lowest BCUT2D eigenvalue weighted by Crippen LogP contribution is -2.26. The summed E-state index contributed by atoms with van der Waals surface area (Å²) in [4.78, 5) is 4.96. The van der Waals surface area contributed by atoms with Crippen LogP contribution in [0, 0.1) is 0 Å². The van der Waals surface area contributed by atoms with E-state index in [1.165, 1.54) is 0 Å². The average Bonchev–Trinajstić information content (AvgIpc) is 2.56. The number of pyridine rings is 1. The minimum atomic E-state index is -0.278. The molecule has 2 atom stereocenters. The largest absolute Gasteiger partial charge is 0.481 e. The van der Waals surface area contributed by atoms with Crippen LogP contribution in [0.25, 0.3) is 0 Å². The van der Waals surface area contributed by atoms with Crippen molar-refractivity contribution in [3.63, 3.8) is 0 Å². The molecule has 1 heterocycles. The van der Waals surface area contributed by atoms with Crippen molar-refractivity contribution in [2.75, 3.05) is 13.7 Å². The van der Waals surface area contributed by atoms with Crippen molar-refractivity contribution in [3.8, 4) is 5.88 Å². The summed E-state index contributed by atoms with van der Waals surface area (Å²) in [7, 11) is 1.57. The maximum absolute atomic E-state index is 9.24. The molecule has 1 aromatic heterocycles. The molecule has 0 saturated carbocycles. The Morgan fingerprint density at radius 3 is 2.73 bits per heavy atom. The summed E-state index contributed by atoms with van der Waals surface area (Å²) >= 11 is 7.83. The van der Waals surface area contributed by atoms with Gasteiger partial charge in [0.1, 0.15) is 0 Å². The molecule has 0 aliphatic heterocycles. The topological polar surface area (TPSA) is 68.4 Å². The zero-order valence-corrected chi connectivity index (χ0v) is 13.8.